The Bertz CT molecular complexity index is 637. The largest absolute Gasteiger partial charge is 0.299 e. The molecule has 0 saturated carbocycles. The molecule has 1 N–H and O–H groups in total. The van der Waals surface area contributed by atoms with Crippen molar-refractivity contribution in [2.24, 2.45) is 16.9 Å². The highest BCUT2D eigenvalue weighted by atomic mass is 15.3. The van der Waals surface area contributed by atoms with Crippen molar-refractivity contribution in [3.05, 3.63) is 65.7 Å². The van der Waals surface area contributed by atoms with E-state index in [-0.39, 0.29) is 0 Å². The van der Waals surface area contributed by atoms with Crippen molar-refractivity contribution < 1.29 is 0 Å². The fraction of sp³-hybridized carbons (Fsp3) is 0.409. The van der Waals surface area contributed by atoms with E-state index in [2.05, 4.69) is 67.4 Å². The highest BCUT2D eigenvalue weighted by molar-refractivity contribution is 5.82. The van der Waals surface area contributed by atoms with Gasteiger partial charge in [0.15, 0.2) is 0 Å². The maximum Gasteiger partial charge on any atom is 0.0561 e. The molecule has 0 aromatic heterocycles. The van der Waals surface area contributed by atoms with Crippen molar-refractivity contribution in [1.82, 2.24) is 4.90 Å². The van der Waals surface area contributed by atoms with Crippen molar-refractivity contribution in [2.45, 2.75) is 34.2 Å². The zero-order valence-electron chi connectivity index (χ0n) is 15.9. The molecule has 0 aliphatic heterocycles. The molecule has 2 rings (SSSR count). The number of anilines is 1. The van der Waals surface area contributed by atoms with E-state index in [9.17, 15) is 0 Å². The summed E-state index contributed by atoms with van der Waals surface area (Å²) < 4.78 is 0. The molecule has 2 aromatic carbocycles. The fourth-order valence-corrected chi connectivity index (χ4v) is 2.97. The zero-order chi connectivity index (χ0) is 18.1. The van der Waals surface area contributed by atoms with Gasteiger partial charge in [0.25, 0.3) is 0 Å². The number of rotatable bonds is 9. The van der Waals surface area contributed by atoms with Gasteiger partial charge in [-0.2, -0.15) is 5.10 Å². The topological polar surface area (TPSA) is 27.6 Å². The van der Waals surface area contributed by atoms with Crippen LogP contribution in [0.5, 0.6) is 0 Å². The number of nitrogens with zero attached hydrogens (tertiary/aromatic N) is 2. The molecule has 3 heteroatoms. The van der Waals surface area contributed by atoms with E-state index in [0.29, 0.717) is 11.8 Å². The summed E-state index contributed by atoms with van der Waals surface area (Å²) in [5.41, 5.74) is 6.58. The van der Waals surface area contributed by atoms with Gasteiger partial charge >= 0.3 is 0 Å². The van der Waals surface area contributed by atoms with Crippen molar-refractivity contribution in [3.63, 3.8) is 0 Å². The average Bonchev–Trinajstić information content (AvgIpc) is 2.56. The summed E-state index contributed by atoms with van der Waals surface area (Å²) in [4.78, 5) is 2.55. The summed E-state index contributed by atoms with van der Waals surface area (Å²) in [6.07, 6.45) is 1.92. The zero-order valence-corrected chi connectivity index (χ0v) is 15.9. The average molecular weight is 338 g/mol. The van der Waals surface area contributed by atoms with Crippen LogP contribution in [0.25, 0.3) is 0 Å². The molecular weight excluding hydrogens is 306 g/mol. The third-order valence-electron chi connectivity index (χ3n) is 3.87. The number of nitrogens with one attached hydrogen (secondary N) is 1. The van der Waals surface area contributed by atoms with E-state index in [1.54, 1.807) is 0 Å². The van der Waals surface area contributed by atoms with E-state index in [1.165, 1.54) is 11.1 Å². The normalized spacial score (nSPS) is 11.8. The molecule has 25 heavy (non-hydrogen) atoms. The van der Waals surface area contributed by atoms with Crippen LogP contribution in [0.4, 0.5) is 5.69 Å². The lowest BCUT2D eigenvalue weighted by Gasteiger charge is -2.26. The molecule has 2 aromatic rings. The summed E-state index contributed by atoms with van der Waals surface area (Å²) in [5.74, 6) is 1.33. The van der Waals surface area contributed by atoms with Crippen LogP contribution in [0.1, 0.15) is 38.8 Å². The van der Waals surface area contributed by atoms with Crippen molar-refractivity contribution >= 4 is 11.9 Å². The Morgan fingerprint density at radius 2 is 1.48 bits per heavy atom. The smallest absolute Gasteiger partial charge is 0.0561 e. The minimum atomic E-state index is 0.666. The predicted octanol–water partition coefficient (Wildman–Crippen LogP) is 5.25. The standard InChI is InChI=1S/C22H31N3/c1-18(2)15-25(16-19(3)4)17-21-11-9-8-10-20(21)14-23-24-22-12-6-5-7-13-22/h5-14,18-19,24H,15-17H2,1-4H3. The van der Waals surface area contributed by atoms with Crippen LogP contribution >= 0.6 is 0 Å². The van der Waals surface area contributed by atoms with E-state index >= 15 is 0 Å². The molecule has 0 fully saturated rings. The van der Waals surface area contributed by atoms with Gasteiger partial charge in [-0.15, -0.1) is 0 Å². The summed E-state index contributed by atoms with van der Waals surface area (Å²) in [6.45, 7) is 12.3. The second-order valence-corrected chi connectivity index (χ2v) is 7.42. The van der Waals surface area contributed by atoms with Crippen LogP contribution in [0, 0.1) is 11.8 Å². The second kappa shape index (κ2) is 10.00. The fourth-order valence-electron chi connectivity index (χ4n) is 2.97. The Morgan fingerprint density at radius 1 is 0.880 bits per heavy atom. The summed E-state index contributed by atoms with van der Waals surface area (Å²) in [5, 5.41) is 4.41. The van der Waals surface area contributed by atoms with Gasteiger partial charge in [-0.05, 0) is 35.1 Å². The van der Waals surface area contributed by atoms with E-state index in [0.717, 1.165) is 25.3 Å². The maximum absolute atomic E-state index is 4.41. The molecule has 3 nitrogen and oxygen atoms in total. The van der Waals surface area contributed by atoms with Gasteiger partial charge in [0.2, 0.25) is 0 Å². The van der Waals surface area contributed by atoms with Crippen LogP contribution < -0.4 is 5.43 Å². The molecule has 0 amide bonds. The van der Waals surface area contributed by atoms with Gasteiger partial charge in [0.1, 0.15) is 0 Å². The van der Waals surface area contributed by atoms with E-state index < -0.39 is 0 Å². The van der Waals surface area contributed by atoms with Crippen LogP contribution in [0.2, 0.25) is 0 Å². The summed E-state index contributed by atoms with van der Waals surface area (Å²) >= 11 is 0. The van der Waals surface area contributed by atoms with Crippen LogP contribution in [0.3, 0.4) is 0 Å². The monoisotopic (exact) mass is 337 g/mol. The van der Waals surface area contributed by atoms with Gasteiger partial charge in [0.05, 0.1) is 11.9 Å². The lowest BCUT2D eigenvalue weighted by atomic mass is 10.1. The van der Waals surface area contributed by atoms with Crippen molar-refractivity contribution in [3.8, 4) is 0 Å². The lowest BCUT2D eigenvalue weighted by Crippen LogP contribution is -2.31. The molecule has 0 saturated heterocycles. The number of hydrazone groups is 1. The van der Waals surface area contributed by atoms with Gasteiger partial charge in [-0.25, -0.2) is 0 Å². The predicted molar refractivity (Wildman–Crippen MR) is 109 cm³/mol. The van der Waals surface area contributed by atoms with Crippen molar-refractivity contribution in [1.29, 1.82) is 0 Å². The highest BCUT2D eigenvalue weighted by Gasteiger charge is 2.11. The Morgan fingerprint density at radius 3 is 2.12 bits per heavy atom. The van der Waals surface area contributed by atoms with Gasteiger partial charge in [-0.3, -0.25) is 10.3 Å². The number of hydrogen-bond donors (Lipinski definition) is 1. The second-order valence-electron chi connectivity index (χ2n) is 7.42. The third-order valence-corrected chi connectivity index (χ3v) is 3.87. The molecule has 0 bridgehead atoms. The molecule has 0 aliphatic carbocycles. The van der Waals surface area contributed by atoms with Gasteiger partial charge < -0.3 is 0 Å². The summed E-state index contributed by atoms with van der Waals surface area (Å²) in [6, 6.07) is 18.5. The van der Waals surface area contributed by atoms with Gasteiger partial charge in [-0.1, -0.05) is 70.2 Å². The minimum absolute atomic E-state index is 0.666. The first kappa shape index (κ1) is 19.2. The van der Waals surface area contributed by atoms with E-state index in [4.69, 9.17) is 0 Å². The number of para-hydroxylation sites is 1. The molecular formula is C22H31N3. The first-order valence-electron chi connectivity index (χ1n) is 9.19. The Kier molecular flexibility index (Phi) is 7.68. The highest BCUT2D eigenvalue weighted by Crippen LogP contribution is 2.14. The Balaban J connectivity index is 2.07. The maximum atomic E-state index is 4.41. The molecule has 134 valence electrons. The number of benzene rings is 2. The molecule has 0 unspecified atom stereocenters. The first-order valence-corrected chi connectivity index (χ1v) is 9.19. The molecule has 0 heterocycles. The first-order chi connectivity index (χ1) is 12.0. The Labute approximate surface area is 152 Å². The van der Waals surface area contributed by atoms with Crippen LogP contribution in [-0.4, -0.2) is 24.2 Å². The molecule has 0 atom stereocenters. The minimum Gasteiger partial charge on any atom is -0.299 e. The van der Waals surface area contributed by atoms with Crippen molar-refractivity contribution in [2.75, 3.05) is 18.5 Å². The van der Waals surface area contributed by atoms with Crippen LogP contribution in [-0.2, 0) is 6.54 Å². The lowest BCUT2D eigenvalue weighted by molar-refractivity contribution is 0.211. The summed E-state index contributed by atoms with van der Waals surface area (Å²) in [7, 11) is 0. The van der Waals surface area contributed by atoms with E-state index in [1.807, 2.05) is 36.5 Å². The third kappa shape index (κ3) is 7.10. The number of hydrogen-bond acceptors (Lipinski definition) is 3. The van der Waals surface area contributed by atoms with Crippen LogP contribution in [0.15, 0.2) is 59.7 Å². The molecule has 0 radical (unpaired) electrons. The molecule has 0 spiro atoms. The molecule has 0 aliphatic rings. The van der Waals surface area contributed by atoms with Gasteiger partial charge in [0, 0.05) is 19.6 Å². The quantitative estimate of drug-likeness (QED) is 0.500. The SMILES string of the molecule is CC(C)CN(Cc1ccccc1C=NNc1ccccc1)CC(C)C. The Hall–Kier alpha value is -2.13.